The van der Waals surface area contributed by atoms with Crippen molar-refractivity contribution in [1.82, 2.24) is 0 Å². The Morgan fingerprint density at radius 1 is 1.37 bits per heavy atom. The highest BCUT2D eigenvalue weighted by Crippen LogP contribution is 2.46. The molecule has 3 nitrogen and oxygen atoms in total. The van der Waals surface area contributed by atoms with Crippen molar-refractivity contribution in [3.63, 3.8) is 0 Å². The minimum atomic E-state index is -0.657. The Kier molecular flexibility index (Phi) is 3.83. The fourth-order valence-corrected chi connectivity index (χ4v) is 2.43. The van der Waals surface area contributed by atoms with Gasteiger partial charge in [0.05, 0.1) is 5.41 Å². The molecule has 1 unspecified atom stereocenters. The maximum atomic E-state index is 11.2. The van der Waals surface area contributed by atoms with Gasteiger partial charge in [-0.25, -0.2) is 0 Å². The van der Waals surface area contributed by atoms with Crippen LogP contribution < -0.4 is 4.90 Å². The quantitative estimate of drug-likeness (QED) is 0.852. The number of hydrogen-bond acceptors (Lipinski definition) is 2. The van der Waals surface area contributed by atoms with Gasteiger partial charge in [-0.3, -0.25) is 4.79 Å². The Morgan fingerprint density at radius 3 is 2.37 bits per heavy atom. The molecule has 0 aromatic heterocycles. The smallest absolute Gasteiger partial charge is 0.311 e. The van der Waals surface area contributed by atoms with E-state index in [0.29, 0.717) is 12.5 Å². The van der Waals surface area contributed by atoms with E-state index in [4.69, 9.17) is 0 Å². The molecule has 1 saturated carbocycles. The second-order valence-corrected chi connectivity index (χ2v) is 5.84. The van der Waals surface area contributed by atoms with Crippen LogP contribution in [0.25, 0.3) is 0 Å². The van der Waals surface area contributed by atoms with Gasteiger partial charge in [0, 0.05) is 19.3 Å². The summed E-state index contributed by atoms with van der Waals surface area (Å²) in [5, 5.41) is 9.22. The minimum Gasteiger partial charge on any atom is -0.481 e. The van der Waals surface area contributed by atoms with E-state index in [1.807, 2.05) is 7.05 Å². The van der Waals surface area contributed by atoms with Crippen molar-refractivity contribution in [2.45, 2.75) is 39.0 Å². The van der Waals surface area contributed by atoms with Crippen LogP contribution in [0.15, 0.2) is 24.3 Å². The predicted octanol–water partition coefficient (Wildman–Crippen LogP) is 3.50. The first-order valence-corrected chi connectivity index (χ1v) is 7.03. The summed E-state index contributed by atoms with van der Waals surface area (Å²) in [7, 11) is 1.97. The molecule has 0 heterocycles. The Balaban J connectivity index is 2.04. The van der Waals surface area contributed by atoms with Gasteiger partial charge in [-0.2, -0.15) is 0 Å². The number of aliphatic carboxylic acids is 1. The molecule has 1 atom stereocenters. The first kappa shape index (κ1) is 13.9. The van der Waals surface area contributed by atoms with Crippen molar-refractivity contribution in [2.24, 2.45) is 5.41 Å². The zero-order valence-corrected chi connectivity index (χ0v) is 12.0. The number of carboxylic acid groups (broad SMARTS) is 1. The van der Waals surface area contributed by atoms with E-state index in [-0.39, 0.29) is 0 Å². The lowest BCUT2D eigenvalue weighted by Gasteiger charge is -2.23. The fraction of sp³-hybridized carbons (Fsp3) is 0.562. The van der Waals surface area contributed by atoms with Crippen LogP contribution in [-0.4, -0.2) is 24.7 Å². The highest BCUT2D eigenvalue weighted by atomic mass is 16.4. The molecule has 0 spiro atoms. The van der Waals surface area contributed by atoms with Crippen molar-refractivity contribution in [1.29, 1.82) is 0 Å². The molecule has 3 heteroatoms. The van der Waals surface area contributed by atoms with Crippen LogP contribution in [0.5, 0.6) is 0 Å². The van der Waals surface area contributed by atoms with E-state index < -0.39 is 11.4 Å². The van der Waals surface area contributed by atoms with Gasteiger partial charge in [-0.1, -0.05) is 26.0 Å². The van der Waals surface area contributed by atoms with E-state index in [0.717, 1.165) is 24.9 Å². The molecular formula is C16H23NO2. The van der Waals surface area contributed by atoms with Gasteiger partial charge in [0.2, 0.25) is 0 Å². The van der Waals surface area contributed by atoms with E-state index >= 15 is 0 Å². The molecule has 1 aromatic rings. The van der Waals surface area contributed by atoms with Crippen LogP contribution in [0.4, 0.5) is 5.69 Å². The average Bonchev–Trinajstić information content (AvgIpc) is 3.19. The molecule has 2 rings (SSSR count). The second-order valence-electron chi connectivity index (χ2n) is 5.84. The third kappa shape index (κ3) is 2.91. The largest absolute Gasteiger partial charge is 0.481 e. The molecule has 1 aromatic carbocycles. The van der Waals surface area contributed by atoms with Crippen LogP contribution >= 0.6 is 0 Å². The summed E-state index contributed by atoms with van der Waals surface area (Å²) in [6.45, 7) is 5.02. The summed E-state index contributed by atoms with van der Waals surface area (Å²) in [6, 6.07) is 8.50. The van der Waals surface area contributed by atoms with Gasteiger partial charge < -0.3 is 10.0 Å². The first-order chi connectivity index (χ1) is 8.98. The number of anilines is 1. The van der Waals surface area contributed by atoms with Crippen molar-refractivity contribution >= 4 is 11.7 Å². The topological polar surface area (TPSA) is 40.5 Å². The average molecular weight is 261 g/mol. The Bertz CT molecular complexity index is 448. The zero-order chi connectivity index (χ0) is 14.0. The summed E-state index contributed by atoms with van der Waals surface area (Å²) in [4.78, 5) is 13.3. The van der Waals surface area contributed by atoms with Crippen LogP contribution in [-0.2, 0) is 4.79 Å². The number of hydrogen-bond donors (Lipinski definition) is 1. The Hall–Kier alpha value is -1.51. The molecule has 104 valence electrons. The lowest BCUT2D eigenvalue weighted by atomic mass is 9.98. The fourth-order valence-electron chi connectivity index (χ4n) is 2.43. The van der Waals surface area contributed by atoms with Gasteiger partial charge in [0.1, 0.15) is 0 Å². The number of nitrogens with zero attached hydrogens (tertiary/aromatic N) is 1. The molecule has 0 radical (unpaired) electrons. The van der Waals surface area contributed by atoms with E-state index in [9.17, 15) is 9.90 Å². The Morgan fingerprint density at radius 2 is 1.95 bits per heavy atom. The third-order valence-corrected chi connectivity index (χ3v) is 4.36. The molecule has 0 amide bonds. The molecule has 1 aliphatic rings. The zero-order valence-electron chi connectivity index (χ0n) is 12.0. The monoisotopic (exact) mass is 261 g/mol. The third-order valence-electron chi connectivity index (χ3n) is 4.36. The molecular weight excluding hydrogens is 238 g/mol. The molecule has 1 fully saturated rings. The van der Waals surface area contributed by atoms with Crippen molar-refractivity contribution in [3.05, 3.63) is 29.8 Å². The first-order valence-electron chi connectivity index (χ1n) is 7.03. The van der Waals surface area contributed by atoms with Gasteiger partial charge in [0.25, 0.3) is 0 Å². The summed E-state index contributed by atoms with van der Waals surface area (Å²) in [5.41, 5.74) is 1.95. The lowest BCUT2D eigenvalue weighted by molar-refractivity contribution is -0.142. The van der Waals surface area contributed by atoms with Gasteiger partial charge in [-0.05, 0) is 42.9 Å². The van der Waals surface area contributed by atoms with Gasteiger partial charge in [-0.15, -0.1) is 0 Å². The van der Waals surface area contributed by atoms with Crippen LogP contribution in [0, 0.1) is 5.41 Å². The lowest BCUT2D eigenvalue weighted by Crippen LogP contribution is -2.31. The summed E-state index contributed by atoms with van der Waals surface area (Å²) in [5.74, 6) is -0.0799. The van der Waals surface area contributed by atoms with E-state index in [2.05, 4.69) is 43.0 Å². The van der Waals surface area contributed by atoms with Crippen LogP contribution in [0.3, 0.4) is 0 Å². The second kappa shape index (κ2) is 5.24. The molecule has 1 aliphatic carbocycles. The van der Waals surface area contributed by atoms with Gasteiger partial charge >= 0.3 is 5.97 Å². The number of benzene rings is 1. The van der Waals surface area contributed by atoms with Crippen molar-refractivity contribution in [3.8, 4) is 0 Å². The summed E-state index contributed by atoms with van der Waals surface area (Å²) >= 11 is 0. The SMILES string of the molecule is CCC(C)c1ccc(N(C)CC2(C(=O)O)CC2)cc1. The minimum absolute atomic E-state index is 0.496. The molecule has 0 bridgehead atoms. The maximum Gasteiger partial charge on any atom is 0.311 e. The molecule has 0 aliphatic heterocycles. The number of carbonyl (C=O) groups is 1. The van der Waals surface area contributed by atoms with Crippen molar-refractivity contribution in [2.75, 3.05) is 18.5 Å². The van der Waals surface area contributed by atoms with Crippen LogP contribution in [0.2, 0.25) is 0 Å². The van der Waals surface area contributed by atoms with E-state index in [1.54, 1.807) is 0 Å². The number of rotatable bonds is 6. The standard InChI is InChI=1S/C16H23NO2/c1-4-12(2)13-5-7-14(8-6-13)17(3)11-16(9-10-16)15(18)19/h5-8,12H,4,9-11H2,1-3H3,(H,18,19). The highest BCUT2D eigenvalue weighted by molar-refractivity contribution is 5.78. The van der Waals surface area contributed by atoms with E-state index in [1.165, 1.54) is 5.56 Å². The van der Waals surface area contributed by atoms with Gasteiger partial charge in [0.15, 0.2) is 0 Å². The highest BCUT2D eigenvalue weighted by Gasteiger charge is 2.50. The normalized spacial score (nSPS) is 17.8. The Labute approximate surface area is 115 Å². The summed E-state index contributed by atoms with van der Waals surface area (Å²) in [6.07, 6.45) is 2.74. The maximum absolute atomic E-state index is 11.2. The molecule has 1 N–H and O–H groups in total. The van der Waals surface area contributed by atoms with Crippen molar-refractivity contribution < 1.29 is 9.90 Å². The molecule has 0 saturated heterocycles. The predicted molar refractivity (Wildman–Crippen MR) is 77.7 cm³/mol. The molecule has 19 heavy (non-hydrogen) atoms. The van der Waals surface area contributed by atoms with Crippen LogP contribution in [0.1, 0.15) is 44.6 Å². The number of carboxylic acids is 1. The summed E-state index contributed by atoms with van der Waals surface area (Å²) < 4.78 is 0.